The van der Waals surface area contributed by atoms with Crippen molar-refractivity contribution in [2.24, 2.45) is 0 Å². The van der Waals surface area contributed by atoms with E-state index in [2.05, 4.69) is 5.32 Å². The van der Waals surface area contributed by atoms with Crippen LogP contribution in [0, 0.1) is 0 Å². The van der Waals surface area contributed by atoms with E-state index in [9.17, 15) is 28.8 Å². The minimum Gasteiger partial charge on any atom is -0.497 e. The molecule has 0 aliphatic carbocycles. The van der Waals surface area contributed by atoms with Crippen molar-refractivity contribution >= 4 is 53.2 Å². The van der Waals surface area contributed by atoms with Gasteiger partial charge in [0.25, 0.3) is 5.91 Å². The van der Waals surface area contributed by atoms with Gasteiger partial charge in [-0.15, -0.1) is 11.3 Å². The van der Waals surface area contributed by atoms with E-state index in [1.807, 2.05) is 0 Å². The maximum atomic E-state index is 13.3. The average Bonchev–Trinajstić information content (AvgIpc) is 3.63. The minimum atomic E-state index is -1.10. The molecule has 1 saturated heterocycles. The van der Waals surface area contributed by atoms with Crippen LogP contribution in [0.2, 0.25) is 0 Å². The van der Waals surface area contributed by atoms with Crippen molar-refractivity contribution < 1.29 is 52.5 Å². The Morgan fingerprint density at radius 2 is 1.68 bits per heavy atom. The Labute approximate surface area is 293 Å². The zero-order valence-corrected chi connectivity index (χ0v) is 29.1. The molecule has 1 aliphatic heterocycles. The molecule has 266 valence electrons. The molecule has 50 heavy (non-hydrogen) atoms. The molecule has 1 aliphatic rings. The number of benzene rings is 2. The Morgan fingerprint density at radius 1 is 1.00 bits per heavy atom. The fourth-order valence-corrected chi connectivity index (χ4v) is 5.83. The zero-order chi connectivity index (χ0) is 36.4. The second-order valence-electron chi connectivity index (χ2n) is 12.1. The highest BCUT2D eigenvalue weighted by Gasteiger charge is 2.49. The standard InChI is InChI=1S/C35H39N3O11S/c1-35(2,3)49-34(44)36-26(32(42)48-21-22-8-12-24(45-4)13-9-22)16-17-47-25-14-10-23(11-15-25)38(29(40)20-39)27-19-37(31(27)41)30(33(43)46-5)28-7-6-18-50-28/h6-15,18,20,26-27,30H,16-17,19,21H2,1-5H3,(H,36,44). The number of methoxy groups -OCH3 is 2. The zero-order valence-electron chi connectivity index (χ0n) is 28.3. The molecule has 3 atom stereocenters. The normalized spacial score (nSPS) is 15.1. The number of β-lactam (4-membered cyclic amide) rings is 1. The summed E-state index contributed by atoms with van der Waals surface area (Å²) in [5.41, 5.74) is 0.176. The largest absolute Gasteiger partial charge is 0.497 e. The van der Waals surface area contributed by atoms with E-state index in [1.54, 1.807) is 69.7 Å². The van der Waals surface area contributed by atoms with E-state index in [0.29, 0.717) is 16.4 Å². The van der Waals surface area contributed by atoms with Crippen molar-refractivity contribution in [2.45, 2.75) is 57.5 Å². The Kier molecular flexibility index (Phi) is 12.5. The molecule has 4 rings (SSSR count). The Morgan fingerprint density at radius 3 is 2.24 bits per heavy atom. The van der Waals surface area contributed by atoms with Gasteiger partial charge < -0.3 is 33.9 Å². The lowest BCUT2D eigenvalue weighted by Crippen LogP contribution is -2.67. The molecule has 3 aromatic rings. The summed E-state index contributed by atoms with van der Waals surface area (Å²) in [4.78, 5) is 78.6. The van der Waals surface area contributed by atoms with Crippen LogP contribution in [0.15, 0.2) is 66.0 Å². The average molecular weight is 710 g/mol. The van der Waals surface area contributed by atoms with Crippen molar-refractivity contribution in [3.8, 4) is 11.5 Å². The fraction of sp³-hybridized carbons (Fsp3) is 0.371. The molecule has 0 radical (unpaired) electrons. The molecule has 0 bridgehead atoms. The number of nitrogens with zero attached hydrogens (tertiary/aromatic N) is 2. The Bertz CT molecular complexity index is 1650. The number of carbonyl (C=O) groups excluding carboxylic acids is 6. The van der Waals surface area contributed by atoms with E-state index in [0.717, 1.165) is 10.5 Å². The van der Waals surface area contributed by atoms with Gasteiger partial charge in [-0.2, -0.15) is 0 Å². The summed E-state index contributed by atoms with van der Waals surface area (Å²) in [5.74, 6) is -1.78. The van der Waals surface area contributed by atoms with Crippen molar-refractivity contribution in [1.29, 1.82) is 0 Å². The molecular weight excluding hydrogens is 670 g/mol. The van der Waals surface area contributed by atoms with Crippen molar-refractivity contribution in [1.82, 2.24) is 10.2 Å². The number of nitrogens with one attached hydrogen (secondary N) is 1. The van der Waals surface area contributed by atoms with Crippen molar-refractivity contribution in [3.63, 3.8) is 0 Å². The highest BCUT2D eigenvalue weighted by molar-refractivity contribution is 7.10. The maximum Gasteiger partial charge on any atom is 0.408 e. The molecule has 1 N–H and O–H groups in total. The second kappa shape index (κ2) is 16.8. The molecule has 2 heterocycles. The SMILES string of the molecule is COC(=O)C(c1cccs1)N1CC(N(C(=O)C=O)c2ccc(OCCC(NC(=O)OC(C)(C)C)C(=O)OCc3ccc(OC)cc3)cc2)C1=O. The number of rotatable bonds is 15. The third kappa shape index (κ3) is 9.59. The fourth-order valence-electron chi connectivity index (χ4n) is 5.00. The molecular formula is C35H39N3O11S. The second-order valence-corrected chi connectivity index (χ2v) is 13.0. The quantitative estimate of drug-likeness (QED) is 0.0801. The summed E-state index contributed by atoms with van der Waals surface area (Å²) < 4.78 is 26.6. The number of esters is 2. The third-order valence-corrected chi connectivity index (χ3v) is 8.37. The molecule has 14 nitrogen and oxygen atoms in total. The van der Waals surface area contributed by atoms with E-state index in [1.165, 1.54) is 47.6 Å². The number of carbonyl (C=O) groups is 6. The lowest BCUT2D eigenvalue weighted by molar-refractivity contribution is -0.160. The van der Waals surface area contributed by atoms with E-state index >= 15 is 0 Å². The van der Waals surface area contributed by atoms with Gasteiger partial charge in [-0.3, -0.25) is 19.3 Å². The summed E-state index contributed by atoms with van der Waals surface area (Å²) in [6.07, 6.45) is -0.662. The number of aldehydes is 1. The van der Waals surface area contributed by atoms with Crippen LogP contribution in [0.3, 0.4) is 0 Å². The molecule has 1 aromatic heterocycles. The summed E-state index contributed by atoms with van der Waals surface area (Å²) in [5, 5.41) is 4.31. The number of hydrogen-bond donors (Lipinski definition) is 1. The predicted octanol–water partition coefficient (Wildman–Crippen LogP) is 3.82. The van der Waals surface area contributed by atoms with Crippen LogP contribution in [0.4, 0.5) is 10.5 Å². The van der Waals surface area contributed by atoms with Gasteiger partial charge in [-0.1, -0.05) is 18.2 Å². The predicted molar refractivity (Wildman–Crippen MR) is 181 cm³/mol. The van der Waals surface area contributed by atoms with E-state index < -0.39 is 53.6 Å². The first-order chi connectivity index (χ1) is 23.8. The lowest BCUT2D eigenvalue weighted by Gasteiger charge is -2.46. The molecule has 0 spiro atoms. The van der Waals surface area contributed by atoms with Gasteiger partial charge >= 0.3 is 18.0 Å². The summed E-state index contributed by atoms with van der Waals surface area (Å²) in [6.45, 7) is 5.02. The van der Waals surface area contributed by atoms with Crippen LogP contribution in [-0.2, 0) is 44.8 Å². The van der Waals surface area contributed by atoms with Gasteiger partial charge in [0.15, 0.2) is 6.04 Å². The maximum absolute atomic E-state index is 13.3. The lowest BCUT2D eigenvalue weighted by atomic mass is 10.00. The summed E-state index contributed by atoms with van der Waals surface area (Å²) in [6, 6.07) is 13.4. The van der Waals surface area contributed by atoms with Crippen LogP contribution in [0.1, 0.15) is 43.7 Å². The first-order valence-electron chi connectivity index (χ1n) is 15.6. The van der Waals surface area contributed by atoms with Crippen LogP contribution < -0.4 is 19.7 Å². The molecule has 3 unspecified atom stereocenters. The number of anilines is 1. The van der Waals surface area contributed by atoms with E-state index in [4.69, 9.17) is 23.7 Å². The topological polar surface area (TPSA) is 167 Å². The molecule has 0 saturated carbocycles. The third-order valence-electron chi connectivity index (χ3n) is 7.44. The van der Waals surface area contributed by atoms with Gasteiger partial charge in [0.05, 0.1) is 27.4 Å². The molecule has 3 amide bonds. The number of alkyl carbamates (subject to hydrolysis) is 1. The van der Waals surface area contributed by atoms with Gasteiger partial charge in [-0.05, 0) is 74.2 Å². The first-order valence-corrected chi connectivity index (χ1v) is 16.4. The van der Waals surface area contributed by atoms with Gasteiger partial charge in [0.2, 0.25) is 12.2 Å². The van der Waals surface area contributed by atoms with Gasteiger partial charge in [-0.25, -0.2) is 14.4 Å². The minimum absolute atomic E-state index is 0.00503. The number of hydrogen-bond acceptors (Lipinski definition) is 12. The number of thiophene rings is 1. The molecule has 2 aromatic carbocycles. The van der Waals surface area contributed by atoms with Crippen LogP contribution in [0.5, 0.6) is 11.5 Å². The summed E-state index contributed by atoms with van der Waals surface area (Å²) in [7, 11) is 2.77. The van der Waals surface area contributed by atoms with Crippen molar-refractivity contribution in [2.75, 3.05) is 32.3 Å². The summed E-state index contributed by atoms with van der Waals surface area (Å²) >= 11 is 1.29. The number of likely N-dealkylation sites (tertiary alicyclic amines) is 1. The molecule has 1 fully saturated rings. The monoisotopic (exact) mass is 709 g/mol. The van der Waals surface area contributed by atoms with Crippen LogP contribution >= 0.6 is 11.3 Å². The highest BCUT2D eigenvalue weighted by Crippen LogP contribution is 2.34. The van der Waals surface area contributed by atoms with Crippen LogP contribution in [0.25, 0.3) is 0 Å². The number of ether oxygens (including phenoxy) is 5. The van der Waals surface area contributed by atoms with E-state index in [-0.39, 0.29) is 38.2 Å². The van der Waals surface area contributed by atoms with Crippen molar-refractivity contribution in [3.05, 3.63) is 76.5 Å². The Hall–Kier alpha value is -5.44. The first kappa shape index (κ1) is 37.4. The van der Waals surface area contributed by atoms with Crippen LogP contribution in [-0.4, -0.2) is 86.1 Å². The highest BCUT2D eigenvalue weighted by atomic mass is 32.1. The Balaban J connectivity index is 1.39. The smallest absolute Gasteiger partial charge is 0.408 e. The number of amides is 3. The van der Waals surface area contributed by atoms with Gasteiger partial charge in [0, 0.05) is 17.0 Å². The molecule has 15 heteroatoms. The van der Waals surface area contributed by atoms with Gasteiger partial charge in [0.1, 0.15) is 35.8 Å².